The largest absolute Gasteiger partial charge is 0.254 e. The highest BCUT2D eigenvalue weighted by atomic mass is 32.2. The molecule has 0 heterocycles. The first-order valence-corrected chi connectivity index (χ1v) is 8.63. The topological polar surface area (TPSA) is 41.8 Å². The number of hydrogen-bond acceptors (Lipinski definition) is 3. The zero-order valence-corrected chi connectivity index (χ0v) is 13.3. The molecule has 0 bridgehead atoms. The molecule has 0 aliphatic heterocycles. The normalized spacial score (nSPS) is 12.3. The van der Waals surface area contributed by atoms with Crippen LogP contribution in [0.4, 0.5) is 11.4 Å². The zero-order chi connectivity index (χ0) is 15.9. The minimum absolute atomic E-state index is 0.471. The van der Waals surface area contributed by atoms with Crippen LogP contribution in [0.3, 0.4) is 0 Å². The van der Waals surface area contributed by atoms with Gasteiger partial charge in [-0.15, -0.1) is 5.11 Å². The molecular formula is C19H16N2OS. The summed E-state index contributed by atoms with van der Waals surface area (Å²) in [6.45, 7) is 0. The lowest BCUT2D eigenvalue weighted by Crippen LogP contribution is -1.96. The minimum Gasteiger partial charge on any atom is -0.254 e. The van der Waals surface area contributed by atoms with Gasteiger partial charge in [0.05, 0.1) is 27.1 Å². The van der Waals surface area contributed by atoms with E-state index in [1.165, 1.54) is 0 Å². The van der Waals surface area contributed by atoms with Crippen molar-refractivity contribution in [1.29, 1.82) is 0 Å². The van der Waals surface area contributed by atoms with Crippen LogP contribution in [0.5, 0.6) is 0 Å². The maximum atomic E-state index is 12.7. The van der Waals surface area contributed by atoms with Gasteiger partial charge in [0.15, 0.2) is 0 Å². The van der Waals surface area contributed by atoms with E-state index in [-0.39, 0.29) is 0 Å². The van der Waals surface area contributed by atoms with Crippen molar-refractivity contribution in [3.05, 3.63) is 90.5 Å². The highest BCUT2D eigenvalue weighted by molar-refractivity contribution is 7.84. The number of rotatable bonds is 5. The SMILES string of the molecule is O=S(Cc1ccccc1)c1ccccc1N=Nc1ccccc1. The summed E-state index contributed by atoms with van der Waals surface area (Å²) in [5, 5.41) is 8.49. The molecule has 0 spiro atoms. The number of nitrogens with zero attached hydrogens (tertiary/aromatic N) is 2. The van der Waals surface area contributed by atoms with Gasteiger partial charge >= 0.3 is 0 Å². The molecule has 0 N–H and O–H groups in total. The molecule has 3 nitrogen and oxygen atoms in total. The van der Waals surface area contributed by atoms with Crippen molar-refractivity contribution < 1.29 is 4.21 Å². The summed E-state index contributed by atoms with van der Waals surface area (Å²) in [4.78, 5) is 0.705. The molecule has 3 aromatic carbocycles. The van der Waals surface area contributed by atoms with E-state index in [0.29, 0.717) is 16.3 Å². The van der Waals surface area contributed by atoms with Gasteiger partial charge in [0.2, 0.25) is 0 Å². The summed E-state index contributed by atoms with van der Waals surface area (Å²) in [5.41, 5.74) is 2.46. The molecule has 3 aromatic rings. The second-order valence-electron chi connectivity index (χ2n) is 4.98. The van der Waals surface area contributed by atoms with Gasteiger partial charge < -0.3 is 0 Å². The zero-order valence-electron chi connectivity index (χ0n) is 12.5. The highest BCUT2D eigenvalue weighted by Gasteiger charge is 2.10. The Morgan fingerprint density at radius 2 is 1.30 bits per heavy atom. The van der Waals surface area contributed by atoms with Crippen molar-refractivity contribution in [2.75, 3.05) is 0 Å². The molecule has 4 heteroatoms. The van der Waals surface area contributed by atoms with Crippen molar-refractivity contribution >= 4 is 22.2 Å². The quantitative estimate of drug-likeness (QED) is 0.579. The van der Waals surface area contributed by atoms with Crippen LogP contribution in [-0.4, -0.2) is 4.21 Å². The molecule has 0 aliphatic carbocycles. The summed E-state index contributed by atoms with van der Waals surface area (Å²) in [7, 11) is -1.16. The first-order chi connectivity index (χ1) is 11.3. The molecule has 0 radical (unpaired) electrons. The predicted molar refractivity (Wildman–Crippen MR) is 93.6 cm³/mol. The lowest BCUT2D eigenvalue weighted by atomic mass is 10.2. The molecule has 1 atom stereocenters. The molecular weight excluding hydrogens is 304 g/mol. The average molecular weight is 320 g/mol. The molecule has 0 saturated heterocycles. The Morgan fingerprint density at radius 1 is 0.696 bits per heavy atom. The van der Waals surface area contributed by atoms with E-state index in [2.05, 4.69) is 10.2 Å². The van der Waals surface area contributed by atoms with Gasteiger partial charge in [0, 0.05) is 0 Å². The first-order valence-electron chi connectivity index (χ1n) is 7.31. The van der Waals surface area contributed by atoms with E-state index in [4.69, 9.17) is 0 Å². The summed E-state index contributed by atoms with van der Waals surface area (Å²) in [6, 6.07) is 26.8. The highest BCUT2D eigenvalue weighted by Crippen LogP contribution is 2.26. The third-order valence-electron chi connectivity index (χ3n) is 3.28. The van der Waals surface area contributed by atoms with E-state index < -0.39 is 10.8 Å². The minimum atomic E-state index is -1.16. The fourth-order valence-corrected chi connectivity index (χ4v) is 3.37. The lowest BCUT2D eigenvalue weighted by Gasteiger charge is -2.05. The van der Waals surface area contributed by atoms with Gasteiger partial charge in [-0.05, 0) is 29.8 Å². The summed E-state index contributed by atoms with van der Waals surface area (Å²) >= 11 is 0. The Balaban J connectivity index is 1.83. The second kappa shape index (κ2) is 7.61. The Kier molecular flexibility index (Phi) is 5.06. The Labute approximate surface area is 138 Å². The van der Waals surface area contributed by atoms with E-state index in [1.54, 1.807) is 0 Å². The van der Waals surface area contributed by atoms with Crippen molar-refractivity contribution in [3.8, 4) is 0 Å². The van der Waals surface area contributed by atoms with Crippen LogP contribution in [0, 0.1) is 0 Å². The van der Waals surface area contributed by atoms with Gasteiger partial charge in [0.25, 0.3) is 0 Å². The predicted octanol–water partition coefficient (Wildman–Crippen LogP) is 5.41. The number of hydrogen-bond donors (Lipinski definition) is 0. The van der Waals surface area contributed by atoms with Crippen molar-refractivity contribution in [1.82, 2.24) is 0 Å². The van der Waals surface area contributed by atoms with E-state index in [9.17, 15) is 4.21 Å². The summed E-state index contributed by atoms with van der Waals surface area (Å²) in [5.74, 6) is 0.471. The molecule has 114 valence electrons. The summed E-state index contributed by atoms with van der Waals surface area (Å²) < 4.78 is 12.7. The van der Waals surface area contributed by atoms with Crippen LogP contribution in [0.2, 0.25) is 0 Å². The number of benzene rings is 3. The van der Waals surface area contributed by atoms with E-state index in [1.807, 2.05) is 84.9 Å². The Hall–Kier alpha value is -2.59. The standard InChI is InChI=1S/C19H16N2OS/c22-23(15-16-9-3-1-4-10-16)19-14-8-7-13-18(19)21-20-17-11-5-2-6-12-17/h1-14H,15H2. The molecule has 0 saturated carbocycles. The molecule has 23 heavy (non-hydrogen) atoms. The molecule has 0 aromatic heterocycles. The second-order valence-corrected chi connectivity index (χ2v) is 6.40. The third-order valence-corrected chi connectivity index (χ3v) is 4.71. The van der Waals surface area contributed by atoms with Crippen LogP contribution in [0.1, 0.15) is 5.56 Å². The van der Waals surface area contributed by atoms with Crippen molar-refractivity contribution in [2.24, 2.45) is 10.2 Å². The third kappa shape index (κ3) is 4.20. The maximum Gasteiger partial charge on any atom is 0.102 e. The van der Waals surface area contributed by atoms with Crippen LogP contribution >= 0.6 is 0 Å². The van der Waals surface area contributed by atoms with Crippen molar-refractivity contribution in [3.63, 3.8) is 0 Å². The first kappa shape index (κ1) is 15.3. The van der Waals surface area contributed by atoms with Gasteiger partial charge in [-0.1, -0.05) is 60.7 Å². The van der Waals surface area contributed by atoms with E-state index >= 15 is 0 Å². The monoisotopic (exact) mass is 320 g/mol. The van der Waals surface area contributed by atoms with Gasteiger partial charge in [-0.3, -0.25) is 4.21 Å². The molecule has 1 unspecified atom stereocenters. The van der Waals surface area contributed by atoms with Crippen LogP contribution < -0.4 is 0 Å². The fraction of sp³-hybridized carbons (Fsp3) is 0.0526. The fourth-order valence-electron chi connectivity index (χ4n) is 2.14. The lowest BCUT2D eigenvalue weighted by molar-refractivity contribution is 0.682. The van der Waals surface area contributed by atoms with Gasteiger partial charge in [-0.2, -0.15) is 5.11 Å². The van der Waals surface area contributed by atoms with Crippen LogP contribution in [-0.2, 0) is 16.6 Å². The summed E-state index contributed by atoms with van der Waals surface area (Å²) in [6.07, 6.45) is 0. The Bertz CT molecular complexity index is 817. The molecule has 0 aliphatic rings. The Morgan fingerprint density at radius 3 is 2.04 bits per heavy atom. The van der Waals surface area contributed by atoms with Crippen LogP contribution in [0.15, 0.2) is 100 Å². The average Bonchev–Trinajstić information content (AvgIpc) is 2.62. The smallest absolute Gasteiger partial charge is 0.102 e. The van der Waals surface area contributed by atoms with E-state index in [0.717, 1.165) is 11.3 Å². The van der Waals surface area contributed by atoms with Crippen molar-refractivity contribution in [2.45, 2.75) is 10.6 Å². The molecule has 0 fully saturated rings. The molecule has 0 amide bonds. The maximum absolute atomic E-state index is 12.7. The van der Waals surface area contributed by atoms with Crippen LogP contribution in [0.25, 0.3) is 0 Å². The van der Waals surface area contributed by atoms with Gasteiger partial charge in [0.1, 0.15) is 5.69 Å². The number of azo groups is 1. The van der Waals surface area contributed by atoms with Gasteiger partial charge in [-0.25, -0.2) is 0 Å². The molecule has 3 rings (SSSR count).